The molecule has 0 spiro atoms. The summed E-state index contributed by atoms with van der Waals surface area (Å²) in [7, 11) is 0.383. The van der Waals surface area contributed by atoms with Crippen molar-refractivity contribution in [3.63, 3.8) is 0 Å². The monoisotopic (exact) mass is 496 g/mol. The Kier molecular flexibility index (Phi) is 28.6. The summed E-state index contributed by atoms with van der Waals surface area (Å²) in [5.41, 5.74) is 0. The first kappa shape index (κ1) is 26.5. The second-order valence-corrected chi connectivity index (χ2v) is 19.4. The van der Waals surface area contributed by atoms with Gasteiger partial charge in [0.15, 0.2) is 0 Å². The van der Waals surface area contributed by atoms with Gasteiger partial charge < -0.3 is 0 Å². The van der Waals surface area contributed by atoms with Crippen LogP contribution in [0.4, 0.5) is 0 Å². The zero-order chi connectivity index (χ0) is 15.8. The van der Waals surface area contributed by atoms with E-state index in [4.69, 9.17) is 3.84 Å². The predicted molar refractivity (Wildman–Crippen MR) is 111 cm³/mol. The third kappa shape index (κ3) is 44.9. The Morgan fingerprint density at radius 3 is 0.789 bits per heavy atom. The van der Waals surface area contributed by atoms with Crippen molar-refractivity contribution in [1.82, 2.24) is 0 Å². The molecule has 0 saturated carbocycles. The van der Waals surface area contributed by atoms with E-state index in [-0.39, 0.29) is 31.7 Å². The summed E-state index contributed by atoms with van der Waals surface area (Å²) in [5, 5.41) is 0. The van der Waals surface area contributed by atoms with Crippen LogP contribution < -0.4 is 0 Å². The molecule has 0 fully saturated rings. The van der Waals surface area contributed by atoms with Gasteiger partial charge in [0.05, 0.1) is 24.6 Å². The molecule has 0 aromatic heterocycles. The summed E-state index contributed by atoms with van der Waals surface area (Å²) in [6.45, 7) is 19.2. The number of halogens is 1. The molecule has 0 bridgehead atoms. The van der Waals surface area contributed by atoms with Crippen molar-refractivity contribution in [3.05, 3.63) is 0 Å². The molecule has 19 heavy (non-hydrogen) atoms. The van der Waals surface area contributed by atoms with Gasteiger partial charge in [-0.15, -0.1) is 0 Å². The Morgan fingerprint density at radius 1 is 0.632 bits per heavy atom. The van der Waals surface area contributed by atoms with Crippen LogP contribution in [0.1, 0.15) is 0 Å². The second-order valence-electron chi connectivity index (χ2n) is 5.89. The van der Waals surface area contributed by atoms with Crippen LogP contribution >= 0.6 is 45.2 Å². The van der Waals surface area contributed by atoms with E-state index in [0.29, 0.717) is 0 Å². The fourth-order valence-corrected chi connectivity index (χ4v) is 9.00. The van der Waals surface area contributed by atoms with Crippen LogP contribution in [0.3, 0.4) is 0 Å². The molecule has 0 atom stereocenters. The van der Waals surface area contributed by atoms with Crippen LogP contribution in [0.5, 0.6) is 0 Å². The van der Waals surface area contributed by atoms with E-state index in [1.807, 2.05) is 0 Å². The van der Waals surface area contributed by atoms with Gasteiger partial charge in [0.1, 0.15) is 0 Å². The molecule has 0 aromatic rings. The molecule has 0 amide bonds. The summed E-state index contributed by atoms with van der Waals surface area (Å²) in [4.78, 5) is 0. The van der Waals surface area contributed by atoms with Crippen LogP contribution in [-0.2, 0) is 15.3 Å². The van der Waals surface area contributed by atoms with Crippen molar-refractivity contribution in [2.24, 2.45) is 0 Å². The number of hydrogen-bond acceptors (Lipinski definition) is 1. The van der Waals surface area contributed by atoms with Crippen LogP contribution in [0.25, 0.3) is 0 Å². The van der Waals surface area contributed by atoms with E-state index < -0.39 is 15.3 Å². The van der Waals surface area contributed by atoms with Gasteiger partial charge in [-0.1, -0.05) is 0 Å². The first-order chi connectivity index (χ1) is 8.67. The predicted octanol–water partition coefficient (Wildman–Crippen LogP) is 4.73. The summed E-state index contributed by atoms with van der Waals surface area (Å²) < 4.78 is 7.60. The molecule has 0 aliphatic rings. The Balaban J connectivity index is -0.000000224. The molecular formula is C12H36BrNP4Tc+4. The fraction of sp³-hybridized carbons (Fsp3) is 1.00. The molecule has 1 nitrogen and oxygen atoms in total. The molecule has 0 N–H and O–H groups in total. The fourth-order valence-electron chi connectivity index (χ4n) is 1.000. The molecule has 0 rings (SSSR count). The van der Waals surface area contributed by atoms with E-state index in [9.17, 15) is 0 Å². The molecule has 0 radical (unpaired) electrons. The Hall–Kier alpha value is 2.56. The summed E-state index contributed by atoms with van der Waals surface area (Å²) in [6, 6.07) is 0. The van der Waals surface area contributed by atoms with Crippen molar-refractivity contribution in [3.8, 4) is 0 Å². The second kappa shape index (κ2) is 20.6. The van der Waals surface area contributed by atoms with E-state index in [1.165, 1.54) is 24.6 Å². The first-order valence-corrected chi connectivity index (χ1v) is 22.6. The van der Waals surface area contributed by atoms with Gasteiger partial charge >= 0.3 is 32.7 Å². The number of hydrogen-bond donors (Lipinski definition) is 0. The van der Waals surface area contributed by atoms with Gasteiger partial charge in [0.2, 0.25) is 0 Å². The van der Waals surface area contributed by atoms with Gasteiger partial charge in [0.25, 0.3) is 0 Å². The maximum atomic E-state index is 7.60. The minimum absolute atomic E-state index is 0.0957. The zero-order valence-electron chi connectivity index (χ0n) is 14.0. The topological polar surface area (TPSA) is 23.8 Å². The average molecular weight is 497 g/mol. The van der Waals surface area contributed by atoms with E-state index in [0.717, 1.165) is 0 Å². The molecule has 0 saturated heterocycles. The van der Waals surface area contributed by atoms with Crippen LogP contribution in [-0.4, -0.2) is 78.0 Å². The molecule has 0 aliphatic heterocycles. The first-order valence-electron chi connectivity index (χ1n) is 6.73. The summed E-state index contributed by atoms with van der Waals surface area (Å²) >= 11 is 2.21. The van der Waals surface area contributed by atoms with Gasteiger partial charge in [0, 0.05) is 53.3 Å². The Morgan fingerprint density at radius 2 is 0.737 bits per heavy atom. The van der Waals surface area contributed by atoms with Gasteiger partial charge in [-0.25, -0.2) is 0 Å². The molecule has 7 heteroatoms. The van der Waals surface area contributed by atoms with Gasteiger partial charge in [-0.2, -0.15) is 0 Å². The van der Waals surface area contributed by atoms with Crippen molar-refractivity contribution >= 4 is 45.2 Å². The standard InChI is InChI=1S/2C6H16P2.BrH.N.Tc/c2*1-7(2)5-6-8(3)4;;;/h2*5-6H2,1-4H3;1H;;/q;;;;+1/p+3/i;;;;1+1. The summed E-state index contributed by atoms with van der Waals surface area (Å²) in [5.74, 6) is 0. The van der Waals surface area contributed by atoms with E-state index in [1.54, 1.807) is 0 Å². The molecule has 0 aliphatic carbocycles. The molecule has 0 heterocycles. The van der Waals surface area contributed by atoms with Crippen LogP contribution in [0.2, 0.25) is 0 Å². The van der Waals surface area contributed by atoms with Crippen molar-refractivity contribution in [1.29, 1.82) is 3.84 Å². The molecule has 0 unspecified atom stereocenters. The summed E-state index contributed by atoms with van der Waals surface area (Å²) in [6.07, 6.45) is 6.13. The number of nitrogens with zero attached hydrogens (tertiary/aromatic N) is 1. The zero-order valence-corrected chi connectivity index (χ0v) is 21.5. The van der Waals surface area contributed by atoms with Gasteiger partial charge in [-0.3, -0.25) is 0 Å². The quantitative estimate of drug-likeness (QED) is 0.488. The Labute approximate surface area is 141 Å². The molecule has 0 aromatic carbocycles. The third-order valence-corrected chi connectivity index (χ3v) is 8.25. The van der Waals surface area contributed by atoms with Crippen LogP contribution in [0, 0.1) is 3.84 Å². The maximum absolute atomic E-state index is 7.60. The van der Waals surface area contributed by atoms with E-state index >= 15 is 0 Å². The molecular weight excluding hydrogens is 461 g/mol. The molecule has 119 valence electrons. The Bertz CT molecular complexity index is 176. The normalized spacial score (nSPS) is 10.1. The van der Waals surface area contributed by atoms with Crippen molar-refractivity contribution in [2.45, 2.75) is 0 Å². The minimum atomic E-state index is -0.597. The van der Waals surface area contributed by atoms with E-state index in [2.05, 4.69) is 66.8 Å². The van der Waals surface area contributed by atoms with Crippen LogP contribution in [0.15, 0.2) is 0 Å². The van der Waals surface area contributed by atoms with Gasteiger partial charge in [-0.05, 0) is 31.7 Å². The number of rotatable bonds is 6. The third-order valence-electron chi connectivity index (χ3n) is 2.25. The van der Waals surface area contributed by atoms with Crippen molar-refractivity contribution in [2.75, 3.05) is 78.0 Å². The van der Waals surface area contributed by atoms with Crippen molar-refractivity contribution < 1.29 is 15.3 Å². The SMILES string of the molecule is C[PH+](C)CC[PH+](C)C.C[PH+](C)CC[PH+](C)C.[N]#[99Tc][Br]. The average Bonchev–Trinajstić information content (AvgIpc) is 2.25.